The van der Waals surface area contributed by atoms with Crippen LogP contribution in [0, 0.1) is 0 Å². The van der Waals surface area contributed by atoms with Gasteiger partial charge in [0.15, 0.2) is 0 Å². The van der Waals surface area contributed by atoms with E-state index in [1.807, 2.05) is 12.1 Å². The molecule has 0 aromatic rings. The Bertz CT molecular complexity index is 287. The monoisotopic (exact) mass is 414 g/mol. The molecule has 2 unspecified atom stereocenters. The molecule has 0 aliphatic rings. The van der Waals surface area contributed by atoms with Gasteiger partial charge in [0, 0.05) is 13.1 Å². The van der Waals surface area contributed by atoms with Crippen LogP contribution < -0.4 is 5.43 Å². The minimum atomic E-state index is -0.308. The molecule has 3 N–H and O–H groups in total. The predicted molar refractivity (Wildman–Crippen MR) is 127 cm³/mol. The van der Waals surface area contributed by atoms with Crippen molar-refractivity contribution in [2.24, 2.45) is 0 Å². The minimum absolute atomic E-state index is 0.308. The van der Waals surface area contributed by atoms with Crippen molar-refractivity contribution >= 4 is 0 Å². The highest BCUT2D eigenvalue weighted by atomic mass is 16.3. The summed E-state index contributed by atoms with van der Waals surface area (Å²) in [5.74, 6) is 0. The summed E-state index contributed by atoms with van der Waals surface area (Å²) < 4.78 is 0. The van der Waals surface area contributed by atoms with Crippen LogP contribution in [0.5, 0.6) is 0 Å². The van der Waals surface area contributed by atoms with E-state index in [1.54, 1.807) is 0 Å². The fourth-order valence-corrected chi connectivity index (χ4v) is 3.98. The van der Waals surface area contributed by atoms with Gasteiger partial charge in [0.05, 0.1) is 12.2 Å². The Morgan fingerprint density at radius 1 is 0.552 bits per heavy atom. The molecule has 0 rings (SSSR count). The molecule has 0 heterocycles. The summed E-state index contributed by atoms with van der Waals surface area (Å²) in [6.45, 7) is 5.71. The third-order valence-electron chi connectivity index (χ3n) is 5.96. The van der Waals surface area contributed by atoms with E-state index in [-0.39, 0.29) is 12.2 Å². The quantitative estimate of drug-likeness (QED) is 0.137. The topological polar surface area (TPSA) is 55.7 Å². The second-order valence-corrected chi connectivity index (χ2v) is 8.96. The summed E-state index contributed by atoms with van der Waals surface area (Å²) in [6.07, 6.45) is 21.8. The van der Waals surface area contributed by atoms with Crippen LogP contribution in [-0.4, -0.2) is 47.6 Å². The van der Waals surface area contributed by atoms with Crippen LogP contribution in [0.25, 0.3) is 0 Å². The van der Waals surface area contributed by atoms with Crippen LogP contribution in [-0.2, 0) is 0 Å². The highest BCUT2D eigenvalue weighted by molar-refractivity contribution is 4.66. The summed E-state index contributed by atoms with van der Waals surface area (Å²) in [5.41, 5.74) is 3.14. The van der Waals surface area contributed by atoms with E-state index >= 15 is 0 Å². The van der Waals surface area contributed by atoms with Crippen LogP contribution in [0.2, 0.25) is 0 Å². The van der Waals surface area contributed by atoms with Gasteiger partial charge in [-0.1, -0.05) is 117 Å². The number of hydrogen-bond donors (Lipinski definition) is 3. The fraction of sp³-hybridized carbons (Fsp3) is 1.00. The molecule has 0 bridgehead atoms. The third-order valence-corrected chi connectivity index (χ3v) is 5.96. The first kappa shape index (κ1) is 28.8. The number of rotatable bonds is 23. The number of nitrogens with one attached hydrogen (secondary N) is 1. The zero-order chi connectivity index (χ0) is 21.6. The molecule has 4 nitrogen and oxygen atoms in total. The number of aliphatic hydroxyl groups excluding tert-OH is 2. The normalized spacial score (nSPS) is 13.9. The van der Waals surface area contributed by atoms with Gasteiger partial charge in [-0.3, -0.25) is 5.43 Å². The van der Waals surface area contributed by atoms with E-state index in [9.17, 15) is 10.2 Å². The lowest BCUT2D eigenvalue weighted by Crippen LogP contribution is -2.45. The minimum Gasteiger partial charge on any atom is -0.392 e. The van der Waals surface area contributed by atoms with E-state index in [1.165, 1.54) is 89.9 Å². The summed E-state index contributed by atoms with van der Waals surface area (Å²) in [7, 11) is 1.88. The average molecular weight is 415 g/mol. The van der Waals surface area contributed by atoms with Gasteiger partial charge in [0.1, 0.15) is 0 Å². The van der Waals surface area contributed by atoms with E-state index in [2.05, 4.69) is 19.3 Å². The standard InChI is InChI=1S/C25H54N2O2/c1-4-6-8-10-12-14-16-18-20-24(28)22-27(26-3)23-25(29)21-19-17-15-13-11-9-7-5-2/h24-26,28-29H,4-23H2,1-3H3. The van der Waals surface area contributed by atoms with Gasteiger partial charge >= 0.3 is 0 Å². The molecule has 29 heavy (non-hydrogen) atoms. The molecule has 0 spiro atoms. The lowest BCUT2D eigenvalue weighted by atomic mass is 10.0. The lowest BCUT2D eigenvalue weighted by Gasteiger charge is -2.26. The van der Waals surface area contributed by atoms with Gasteiger partial charge in [-0.2, -0.15) is 0 Å². The van der Waals surface area contributed by atoms with Crippen LogP contribution in [0.1, 0.15) is 129 Å². The Morgan fingerprint density at radius 2 is 0.862 bits per heavy atom. The first-order valence-electron chi connectivity index (χ1n) is 12.9. The Balaban J connectivity index is 3.64. The maximum Gasteiger partial charge on any atom is 0.0681 e. The summed E-state index contributed by atoms with van der Waals surface area (Å²) in [6, 6.07) is 0. The van der Waals surface area contributed by atoms with E-state index < -0.39 is 0 Å². The molecule has 0 saturated heterocycles. The predicted octanol–water partition coefficient (Wildman–Crippen LogP) is 6.21. The second kappa shape index (κ2) is 22.5. The van der Waals surface area contributed by atoms with Crippen molar-refractivity contribution in [2.45, 2.75) is 142 Å². The maximum atomic E-state index is 10.3. The zero-order valence-electron chi connectivity index (χ0n) is 20.1. The van der Waals surface area contributed by atoms with Gasteiger partial charge in [-0.15, -0.1) is 0 Å². The van der Waals surface area contributed by atoms with Crippen molar-refractivity contribution in [3.05, 3.63) is 0 Å². The van der Waals surface area contributed by atoms with Gasteiger partial charge in [-0.05, 0) is 19.9 Å². The largest absolute Gasteiger partial charge is 0.392 e. The molecule has 4 heteroatoms. The average Bonchev–Trinajstić information content (AvgIpc) is 2.71. The SMILES string of the molecule is CCCCCCCCCCC(O)CN(CC(O)CCCCCCCCCC)NC. The highest BCUT2D eigenvalue weighted by Crippen LogP contribution is 2.13. The van der Waals surface area contributed by atoms with Crippen molar-refractivity contribution in [1.82, 2.24) is 10.4 Å². The first-order chi connectivity index (χ1) is 14.1. The summed E-state index contributed by atoms with van der Waals surface area (Å²) in [4.78, 5) is 0. The third kappa shape index (κ3) is 20.9. The Kier molecular flexibility index (Phi) is 22.4. The molecule has 0 saturated carbocycles. The number of aliphatic hydroxyl groups is 2. The molecule has 176 valence electrons. The number of unbranched alkanes of at least 4 members (excludes halogenated alkanes) is 14. The zero-order valence-corrected chi connectivity index (χ0v) is 20.1. The van der Waals surface area contributed by atoms with Gasteiger partial charge in [0.2, 0.25) is 0 Å². The van der Waals surface area contributed by atoms with Crippen LogP contribution >= 0.6 is 0 Å². The Labute approximate surface area is 182 Å². The molecule has 0 aromatic carbocycles. The molecule has 0 aliphatic heterocycles. The summed E-state index contributed by atoms with van der Waals surface area (Å²) >= 11 is 0. The summed E-state index contributed by atoms with van der Waals surface area (Å²) in [5, 5.41) is 22.6. The molecule has 0 aliphatic carbocycles. The first-order valence-corrected chi connectivity index (χ1v) is 12.9. The molecule has 0 aromatic heterocycles. The van der Waals surface area contributed by atoms with Gasteiger partial charge in [0.25, 0.3) is 0 Å². The molecule has 0 radical (unpaired) electrons. The molecule has 0 amide bonds. The van der Waals surface area contributed by atoms with Gasteiger partial charge < -0.3 is 10.2 Å². The van der Waals surface area contributed by atoms with Crippen LogP contribution in [0.4, 0.5) is 0 Å². The van der Waals surface area contributed by atoms with Gasteiger partial charge in [-0.25, -0.2) is 5.01 Å². The molecule has 2 atom stereocenters. The van der Waals surface area contributed by atoms with Crippen molar-refractivity contribution < 1.29 is 10.2 Å². The molecule has 0 fully saturated rings. The highest BCUT2D eigenvalue weighted by Gasteiger charge is 2.14. The maximum absolute atomic E-state index is 10.3. The second-order valence-electron chi connectivity index (χ2n) is 8.96. The van der Waals surface area contributed by atoms with E-state index in [0.717, 1.165) is 25.7 Å². The molecular weight excluding hydrogens is 360 g/mol. The molecular formula is C25H54N2O2. The number of hydrazine groups is 1. The van der Waals surface area contributed by atoms with Crippen molar-refractivity contribution in [3.63, 3.8) is 0 Å². The Morgan fingerprint density at radius 3 is 1.17 bits per heavy atom. The van der Waals surface area contributed by atoms with E-state index in [0.29, 0.717) is 13.1 Å². The lowest BCUT2D eigenvalue weighted by molar-refractivity contribution is 0.0385. The fourth-order valence-electron chi connectivity index (χ4n) is 3.98. The Hall–Kier alpha value is -0.160. The number of hydrogen-bond acceptors (Lipinski definition) is 4. The van der Waals surface area contributed by atoms with E-state index in [4.69, 9.17) is 0 Å². The van der Waals surface area contributed by atoms with Crippen molar-refractivity contribution in [3.8, 4) is 0 Å². The van der Waals surface area contributed by atoms with Crippen molar-refractivity contribution in [1.29, 1.82) is 0 Å². The van der Waals surface area contributed by atoms with Crippen LogP contribution in [0.3, 0.4) is 0 Å². The van der Waals surface area contributed by atoms with Crippen LogP contribution in [0.15, 0.2) is 0 Å². The smallest absolute Gasteiger partial charge is 0.0681 e. The number of nitrogens with zero attached hydrogens (tertiary/aromatic N) is 1. The van der Waals surface area contributed by atoms with Crippen molar-refractivity contribution in [2.75, 3.05) is 20.1 Å².